The summed E-state index contributed by atoms with van der Waals surface area (Å²) in [7, 11) is -3.40. The second kappa shape index (κ2) is 7.57. The standard InChI is InChI=1S/C13H27N3O3S.ClH/c1-10-9-19-11(2)7-16(10)20(17,18)15-6-4-5-13(8-15)12(3)14;/h10-13H,4-9,14H2,1-3H3;1H. The molecule has 2 aliphatic rings. The zero-order valence-electron chi connectivity index (χ0n) is 13.1. The second-order valence-corrected chi connectivity index (χ2v) is 8.07. The third-order valence-corrected chi connectivity index (χ3v) is 6.42. The first-order chi connectivity index (χ1) is 9.32. The first kappa shape index (κ1) is 19.1. The molecule has 2 aliphatic heterocycles. The molecule has 8 heteroatoms. The van der Waals surface area contributed by atoms with Crippen molar-refractivity contribution >= 4 is 22.6 Å². The number of morpholine rings is 1. The molecule has 0 radical (unpaired) electrons. The quantitative estimate of drug-likeness (QED) is 0.824. The van der Waals surface area contributed by atoms with Gasteiger partial charge in [0, 0.05) is 31.7 Å². The maximum Gasteiger partial charge on any atom is 0.282 e. The highest BCUT2D eigenvalue weighted by Gasteiger charge is 2.39. The molecule has 2 fully saturated rings. The smallest absolute Gasteiger partial charge is 0.282 e. The Bertz CT molecular complexity index is 432. The number of hydrogen-bond acceptors (Lipinski definition) is 4. The van der Waals surface area contributed by atoms with E-state index < -0.39 is 10.2 Å². The molecular weight excluding hydrogens is 314 g/mol. The average molecular weight is 342 g/mol. The van der Waals surface area contributed by atoms with E-state index in [1.54, 1.807) is 8.61 Å². The van der Waals surface area contributed by atoms with E-state index in [4.69, 9.17) is 10.5 Å². The van der Waals surface area contributed by atoms with Crippen LogP contribution in [0.5, 0.6) is 0 Å². The van der Waals surface area contributed by atoms with E-state index in [1.807, 2.05) is 20.8 Å². The van der Waals surface area contributed by atoms with E-state index in [0.717, 1.165) is 12.8 Å². The zero-order valence-corrected chi connectivity index (χ0v) is 14.7. The van der Waals surface area contributed by atoms with Crippen molar-refractivity contribution in [3.63, 3.8) is 0 Å². The van der Waals surface area contributed by atoms with Crippen LogP contribution in [-0.2, 0) is 14.9 Å². The number of halogens is 1. The molecule has 0 amide bonds. The number of piperidine rings is 1. The maximum absolute atomic E-state index is 12.8. The van der Waals surface area contributed by atoms with E-state index in [0.29, 0.717) is 26.2 Å². The first-order valence-electron chi connectivity index (χ1n) is 7.46. The normalized spacial score (nSPS) is 34.2. The second-order valence-electron chi connectivity index (χ2n) is 6.19. The summed E-state index contributed by atoms with van der Waals surface area (Å²) in [6, 6.07) is -0.0686. The molecule has 0 saturated carbocycles. The highest BCUT2D eigenvalue weighted by Crippen LogP contribution is 2.25. The van der Waals surface area contributed by atoms with Crippen molar-refractivity contribution in [3.8, 4) is 0 Å². The SMILES string of the molecule is CC1CN(S(=O)(=O)N2CCCC(C(C)N)C2)C(C)CO1.Cl. The molecule has 2 N–H and O–H groups in total. The summed E-state index contributed by atoms with van der Waals surface area (Å²) in [6.07, 6.45) is 1.85. The summed E-state index contributed by atoms with van der Waals surface area (Å²) in [6.45, 7) is 7.81. The monoisotopic (exact) mass is 341 g/mol. The minimum atomic E-state index is -3.40. The van der Waals surface area contributed by atoms with Crippen LogP contribution < -0.4 is 5.73 Å². The van der Waals surface area contributed by atoms with Gasteiger partial charge in [-0.2, -0.15) is 17.0 Å². The van der Waals surface area contributed by atoms with Crippen LogP contribution in [0.4, 0.5) is 0 Å². The summed E-state index contributed by atoms with van der Waals surface area (Å²) in [5.74, 6) is 0.257. The van der Waals surface area contributed by atoms with E-state index in [-0.39, 0.29) is 36.5 Å². The minimum Gasteiger partial charge on any atom is -0.375 e. The molecule has 126 valence electrons. The summed E-state index contributed by atoms with van der Waals surface area (Å²) in [4.78, 5) is 0. The number of hydrogen-bond donors (Lipinski definition) is 1. The molecule has 0 aromatic carbocycles. The lowest BCUT2D eigenvalue weighted by atomic mass is 9.93. The number of rotatable bonds is 3. The summed E-state index contributed by atoms with van der Waals surface area (Å²) >= 11 is 0. The Hall–Kier alpha value is 0.0800. The van der Waals surface area contributed by atoms with Gasteiger partial charge in [-0.25, -0.2) is 0 Å². The number of nitrogens with two attached hydrogens (primary N) is 1. The predicted molar refractivity (Wildman–Crippen MR) is 85.7 cm³/mol. The van der Waals surface area contributed by atoms with Gasteiger partial charge in [0.2, 0.25) is 0 Å². The molecule has 0 aromatic heterocycles. The van der Waals surface area contributed by atoms with Crippen molar-refractivity contribution < 1.29 is 13.2 Å². The van der Waals surface area contributed by atoms with Crippen molar-refractivity contribution in [1.82, 2.24) is 8.61 Å². The van der Waals surface area contributed by atoms with Gasteiger partial charge in [-0.05, 0) is 39.5 Å². The van der Waals surface area contributed by atoms with Gasteiger partial charge in [0.25, 0.3) is 10.2 Å². The van der Waals surface area contributed by atoms with Crippen molar-refractivity contribution in [2.24, 2.45) is 11.7 Å². The molecule has 0 aliphatic carbocycles. The van der Waals surface area contributed by atoms with Crippen LogP contribution in [0.25, 0.3) is 0 Å². The van der Waals surface area contributed by atoms with Gasteiger partial charge in [-0.3, -0.25) is 0 Å². The lowest BCUT2D eigenvalue weighted by Gasteiger charge is -2.41. The molecule has 2 heterocycles. The minimum absolute atomic E-state index is 0. The number of nitrogens with zero attached hydrogens (tertiary/aromatic N) is 2. The molecule has 0 aromatic rings. The van der Waals surface area contributed by atoms with Gasteiger partial charge < -0.3 is 10.5 Å². The summed E-state index contributed by atoms with van der Waals surface area (Å²) in [5.41, 5.74) is 5.95. The van der Waals surface area contributed by atoms with Gasteiger partial charge in [0.1, 0.15) is 0 Å². The summed E-state index contributed by atoms with van der Waals surface area (Å²) < 4.78 is 34.4. The van der Waals surface area contributed by atoms with Crippen LogP contribution in [0.3, 0.4) is 0 Å². The Kier molecular flexibility index (Phi) is 6.89. The fraction of sp³-hybridized carbons (Fsp3) is 1.00. The molecular formula is C13H28ClN3O3S. The molecule has 2 rings (SSSR count). The molecule has 0 spiro atoms. The Morgan fingerprint density at radius 1 is 1.29 bits per heavy atom. The van der Waals surface area contributed by atoms with Crippen LogP contribution in [0, 0.1) is 5.92 Å². The van der Waals surface area contributed by atoms with Crippen LogP contribution in [-0.4, -0.2) is 61.5 Å². The van der Waals surface area contributed by atoms with Crippen LogP contribution in [0.15, 0.2) is 0 Å². The van der Waals surface area contributed by atoms with Crippen molar-refractivity contribution in [2.45, 2.75) is 51.8 Å². The topological polar surface area (TPSA) is 75.9 Å². The molecule has 4 atom stereocenters. The molecule has 0 bridgehead atoms. The zero-order chi connectivity index (χ0) is 14.9. The Balaban J connectivity index is 0.00000220. The summed E-state index contributed by atoms with van der Waals surface area (Å²) in [5, 5.41) is 0. The lowest BCUT2D eigenvalue weighted by molar-refractivity contribution is -0.0195. The molecule has 2 saturated heterocycles. The Labute approximate surface area is 134 Å². The van der Waals surface area contributed by atoms with Gasteiger partial charge in [-0.1, -0.05) is 0 Å². The van der Waals surface area contributed by atoms with E-state index in [1.165, 1.54) is 0 Å². The van der Waals surface area contributed by atoms with Crippen LogP contribution >= 0.6 is 12.4 Å². The maximum atomic E-state index is 12.8. The van der Waals surface area contributed by atoms with Gasteiger partial charge in [0.15, 0.2) is 0 Å². The predicted octanol–water partition coefficient (Wildman–Crippen LogP) is 0.821. The van der Waals surface area contributed by atoms with Gasteiger partial charge in [0.05, 0.1) is 12.7 Å². The highest BCUT2D eigenvalue weighted by molar-refractivity contribution is 7.86. The lowest BCUT2D eigenvalue weighted by Crippen LogP contribution is -2.57. The molecule has 6 nitrogen and oxygen atoms in total. The van der Waals surface area contributed by atoms with Gasteiger partial charge >= 0.3 is 0 Å². The van der Waals surface area contributed by atoms with Crippen molar-refractivity contribution in [2.75, 3.05) is 26.2 Å². The first-order valence-corrected chi connectivity index (χ1v) is 8.86. The third-order valence-electron chi connectivity index (χ3n) is 4.34. The van der Waals surface area contributed by atoms with Crippen LogP contribution in [0.2, 0.25) is 0 Å². The number of ether oxygens (including phenoxy) is 1. The fourth-order valence-corrected chi connectivity index (χ4v) is 4.91. The Morgan fingerprint density at radius 2 is 1.95 bits per heavy atom. The Morgan fingerprint density at radius 3 is 2.57 bits per heavy atom. The van der Waals surface area contributed by atoms with Crippen molar-refractivity contribution in [3.05, 3.63) is 0 Å². The molecule has 21 heavy (non-hydrogen) atoms. The van der Waals surface area contributed by atoms with Gasteiger partial charge in [-0.15, -0.1) is 12.4 Å². The molecule has 4 unspecified atom stereocenters. The van der Waals surface area contributed by atoms with E-state index >= 15 is 0 Å². The van der Waals surface area contributed by atoms with E-state index in [2.05, 4.69) is 0 Å². The van der Waals surface area contributed by atoms with Crippen molar-refractivity contribution in [1.29, 1.82) is 0 Å². The highest BCUT2D eigenvalue weighted by atomic mass is 35.5. The third kappa shape index (κ3) is 4.30. The average Bonchev–Trinajstić information content (AvgIpc) is 2.41. The van der Waals surface area contributed by atoms with E-state index in [9.17, 15) is 8.42 Å². The largest absolute Gasteiger partial charge is 0.375 e. The fourth-order valence-electron chi connectivity index (χ4n) is 2.96. The van der Waals surface area contributed by atoms with Crippen LogP contribution in [0.1, 0.15) is 33.6 Å².